The molecule has 0 saturated heterocycles. The van der Waals surface area contributed by atoms with Crippen LogP contribution < -0.4 is 10.7 Å². The molecule has 0 bridgehead atoms. The third-order valence-electron chi connectivity index (χ3n) is 4.53. The Balaban J connectivity index is 1.58. The molecule has 158 valence electrons. The molecule has 1 aromatic carbocycles. The highest BCUT2D eigenvalue weighted by Crippen LogP contribution is 2.32. The van der Waals surface area contributed by atoms with E-state index in [9.17, 15) is 19.8 Å². The van der Waals surface area contributed by atoms with Gasteiger partial charge in [-0.3, -0.25) is 9.59 Å². The molecule has 0 fully saturated rings. The molecule has 3 aromatic rings. The van der Waals surface area contributed by atoms with E-state index < -0.39 is 16.6 Å². The Kier molecular flexibility index (Phi) is 5.91. The molecule has 0 aliphatic carbocycles. The number of hydrogen-bond donors (Lipinski definition) is 3. The number of amides is 1. The van der Waals surface area contributed by atoms with Crippen LogP contribution in [0.1, 0.15) is 37.7 Å². The van der Waals surface area contributed by atoms with Crippen LogP contribution in [0.5, 0.6) is 11.5 Å². The molecule has 0 unspecified atom stereocenters. The Bertz CT molecular complexity index is 1120. The van der Waals surface area contributed by atoms with Gasteiger partial charge >= 0.3 is 0 Å². The lowest BCUT2D eigenvalue weighted by molar-refractivity contribution is -0.122. The molecular weight excluding hydrogens is 390 g/mol. The number of aromatic nitrogens is 2. The first-order valence-corrected chi connectivity index (χ1v) is 9.39. The van der Waals surface area contributed by atoms with Crippen molar-refractivity contribution in [1.29, 1.82) is 0 Å². The lowest BCUT2D eigenvalue weighted by Crippen LogP contribution is -2.32. The number of nitrogens with zero attached hydrogens (tertiary/aromatic N) is 2. The van der Waals surface area contributed by atoms with Gasteiger partial charge in [0.05, 0.1) is 5.56 Å². The number of aryl methyl sites for hydroxylation is 1. The van der Waals surface area contributed by atoms with Crippen LogP contribution in [0.2, 0.25) is 0 Å². The first-order chi connectivity index (χ1) is 14.2. The van der Waals surface area contributed by atoms with Gasteiger partial charge in [0.15, 0.2) is 5.76 Å². The Labute approximate surface area is 172 Å². The third kappa shape index (κ3) is 4.68. The summed E-state index contributed by atoms with van der Waals surface area (Å²) in [6.45, 7) is 5.27. The Morgan fingerprint density at radius 2 is 1.90 bits per heavy atom. The van der Waals surface area contributed by atoms with Crippen LogP contribution in [0.25, 0.3) is 11.5 Å². The zero-order chi connectivity index (χ0) is 21.9. The summed E-state index contributed by atoms with van der Waals surface area (Å²) in [5.74, 6) is 0.208. The maximum atomic E-state index is 12.4. The normalized spacial score (nSPS) is 11.4. The molecule has 9 heteroatoms. The third-order valence-corrected chi connectivity index (χ3v) is 4.53. The second-order valence-electron chi connectivity index (χ2n) is 7.58. The average Bonchev–Trinajstić information content (AvgIpc) is 3.13. The lowest BCUT2D eigenvalue weighted by Gasteiger charge is -2.23. The molecule has 0 saturated carbocycles. The van der Waals surface area contributed by atoms with Gasteiger partial charge in [-0.1, -0.05) is 26.0 Å². The highest BCUT2D eigenvalue weighted by atomic mass is 16.4. The summed E-state index contributed by atoms with van der Waals surface area (Å²) < 4.78 is 11.0. The number of aromatic hydroxyl groups is 2. The van der Waals surface area contributed by atoms with Gasteiger partial charge in [0, 0.05) is 30.9 Å². The fourth-order valence-electron chi connectivity index (χ4n) is 3.03. The summed E-state index contributed by atoms with van der Waals surface area (Å²) in [5.41, 5.74) is -0.998. The van der Waals surface area contributed by atoms with Crippen LogP contribution in [0.15, 0.2) is 44.0 Å². The van der Waals surface area contributed by atoms with E-state index in [2.05, 4.69) is 15.5 Å². The predicted molar refractivity (Wildman–Crippen MR) is 107 cm³/mol. The molecule has 3 N–H and O–H groups in total. The van der Waals surface area contributed by atoms with Gasteiger partial charge in [-0.05, 0) is 19.1 Å². The van der Waals surface area contributed by atoms with Crippen LogP contribution in [0.3, 0.4) is 0 Å². The number of phenols is 1. The molecule has 2 aromatic heterocycles. The van der Waals surface area contributed by atoms with E-state index in [1.807, 2.05) is 0 Å². The maximum Gasteiger partial charge on any atom is 0.251 e. The van der Waals surface area contributed by atoms with Gasteiger partial charge in [0.1, 0.15) is 11.5 Å². The van der Waals surface area contributed by atoms with E-state index in [1.165, 1.54) is 12.1 Å². The quantitative estimate of drug-likeness (QED) is 0.537. The lowest BCUT2D eigenvalue weighted by atomic mass is 9.85. The highest BCUT2D eigenvalue weighted by molar-refractivity contribution is 5.77. The van der Waals surface area contributed by atoms with Crippen LogP contribution >= 0.6 is 0 Å². The van der Waals surface area contributed by atoms with Crippen molar-refractivity contribution in [3.05, 3.63) is 58.0 Å². The summed E-state index contributed by atoms with van der Waals surface area (Å²) in [6, 6.07) is 7.82. The molecule has 0 spiro atoms. The van der Waals surface area contributed by atoms with Crippen LogP contribution in [-0.4, -0.2) is 32.9 Å². The number of phenolic OH excluding ortho intramolecular Hbond substituents is 1. The minimum atomic E-state index is -0.887. The van der Waals surface area contributed by atoms with Gasteiger partial charge < -0.3 is 24.4 Å². The summed E-state index contributed by atoms with van der Waals surface area (Å²) >= 11 is 0. The number of hydrogen-bond acceptors (Lipinski definition) is 8. The van der Waals surface area contributed by atoms with Crippen molar-refractivity contribution in [3.63, 3.8) is 0 Å². The van der Waals surface area contributed by atoms with E-state index >= 15 is 0 Å². The van der Waals surface area contributed by atoms with Crippen molar-refractivity contribution in [2.45, 2.75) is 39.0 Å². The molecule has 0 aliphatic rings. The molecule has 3 rings (SSSR count). The Morgan fingerprint density at radius 1 is 1.17 bits per heavy atom. The fraction of sp³-hybridized carbons (Fsp3) is 0.333. The van der Waals surface area contributed by atoms with E-state index in [-0.39, 0.29) is 36.3 Å². The maximum absolute atomic E-state index is 12.4. The zero-order valence-corrected chi connectivity index (χ0v) is 16.9. The fourth-order valence-corrected chi connectivity index (χ4v) is 3.03. The van der Waals surface area contributed by atoms with Crippen LogP contribution in [-0.2, 0) is 16.6 Å². The smallest absolute Gasteiger partial charge is 0.251 e. The number of para-hydroxylation sites is 1. The number of benzene rings is 1. The minimum Gasteiger partial charge on any atom is -0.507 e. The van der Waals surface area contributed by atoms with E-state index in [0.717, 1.165) is 0 Å². The first-order valence-electron chi connectivity index (χ1n) is 9.39. The number of carbonyl (C=O) groups excluding carboxylic acids is 1. The molecule has 0 radical (unpaired) electrons. The summed E-state index contributed by atoms with van der Waals surface area (Å²) in [5, 5.41) is 30.5. The van der Waals surface area contributed by atoms with Crippen molar-refractivity contribution >= 4 is 5.91 Å². The van der Waals surface area contributed by atoms with E-state index in [4.69, 9.17) is 8.83 Å². The monoisotopic (exact) mass is 413 g/mol. The van der Waals surface area contributed by atoms with Crippen molar-refractivity contribution in [3.8, 4) is 23.0 Å². The largest absolute Gasteiger partial charge is 0.507 e. The standard InChI is InChI=1S/C21H23N3O6/c1-12-10-15(26)18(28)19(29-12)21(2,3)11-16(27)22-9-8-17-23-24-20(30-17)13-6-4-5-7-14(13)25/h4-7,10,25,28H,8-9,11H2,1-3H3,(H,22,27). The van der Waals surface area contributed by atoms with E-state index in [1.54, 1.807) is 39.0 Å². The molecule has 0 aliphatic heterocycles. The molecular formula is C21H23N3O6. The highest BCUT2D eigenvalue weighted by Gasteiger charge is 2.31. The van der Waals surface area contributed by atoms with Gasteiger partial charge in [0.2, 0.25) is 23.0 Å². The molecule has 9 nitrogen and oxygen atoms in total. The van der Waals surface area contributed by atoms with Crippen molar-refractivity contribution in [2.75, 3.05) is 6.54 Å². The number of carbonyl (C=O) groups is 1. The van der Waals surface area contributed by atoms with Crippen LogP contribution in [0.4, 0.5) is 0 Å². The molecule has 2 heterocycles. The van der Waals surface area contributed by atoms with Gasteiger partial charge in [-0.2, -0.15) is 0 Å². The Morgan fingerprint density at radius 3 is 2.63 bits per heavy atom. The van der Waals surface area contributed by atoms with Gasteiger partial charge in [0.25, 0.3) is 5.89 Å². The number of rotatable bonds is 7. The van der Waals surface area contributed by atoms with Gasteiger partial charge in [-0.15, -0.1) is 10.2 Å². The molecule has 30 heavy (non-hydrogen) atoms. The average molecular weight is 413 g/mol. The number of nitrogens with one attached hydrogen (secondary N) is 1. The molecule has 1 amide bonds. The van der Waals surface area contributed by atoms with Crippen molar-refractivity contribution in [2.24, 2.45) is 0 Å². The summed E-state index contributed by atoms with van der Waals surface area (Å²) in [7, 11) is 0. The molecule has 0 atom stereocenters. The SMILES string of the molecule is Cc1cc(=O)c(O)c(C(C)(C)CC(=O)NCCc2nnc(-c3ccccc3O)o2)o1. The summed E-state index contributed by atoms with van der Waals surface area (Å²) in [6.07, 6.45) is 0.303. The first kappa shape index (κ1) is 21.1. The van der Waals surface area contributed by atoms with Crippen LogP contribution in [0, 0.1) is 6.92 Å². The second kappa shape index (κ2) is 8.40. The van der Waals surface area contributed by atoms with Crippen molar-refractivity contribution in [1.82, 2.24) is 15.5 Å². The topological polar surface area (TPSA) is 139 Å². The Hall–Kier alpha value is -3.62. The van der Waals surface area contributed by atoms with E-state index in [0.29, 0.717) is 23.6 Å². The van der Waals surface area contributed by atoms with Crippen molar-refractivity contribution < 1.29 is 23.8 Å². The second-order valence-corrected chi connectivity index (χ2v) is 7.58. The summed E-state index contributed by atoms with van der Waals surface area (Å²) in [4.78, 5) is 24.2. The zero-order valence-electron chi connectivity index (χ0n) is 16.9. The minimum absolute atomic E-state index is 0.0000750. The van der Waals surface area contributed by atoms with Gasteiger partial charge in [-0.25, -0.2) is 0 Å². The predicted octanol–water partition coefficient (Wildman–Crippen LogP) is 2.44.